The van der Waals surface area contributed by atoms with Crippen molar-refractivity contribution in [1.29, 1.82) is 0 Å². The van der Waals surface area contributed by atoms with Crippen LogP contribution < -0.4 is 10.2 Å². The summed E-state index contributed by atoms with van der Waals surface area (Å²) >= 11 is 1.69. The molecule has 1 aromatic heterocycles. The van der Waals surface area contributed by atoms with E-state index in [0.717, 1.165) is 17.7 Å². The Morgan fingerprint density at radius 3 is 2.83 bits per heavy atom. The molecule has 2 aromatic rings. The molecule has 1 atom stereocenters. The van der Waals surface area contributed by atoms with E-state index in [2.05, 4.69) is 11.4 Å². The fraction of sp³-hybridized carbons (Fsp3) is 0.333. The van der Waals surface area contributed by atoms with Gasteiger partial charge in [0, 0.05) is 30.0 Å². The average molecular weight is 328 g/mol. The normalized spacial score (nSPS) is 16.2. The first-order chi connectivity index (χ1) is 11.2. The Balaban J connectivity index is 1.68. The Hall–Kier alpha value is -2.14. The summed E-state index contributed by atoms with van der Waals surface area (Å²) in [5.41, 5.74) is 1.94. The SMILES string of the molecule is CCC(=O)N1c2ccccc2CC1C(=O)NCCc1cccs1. The van der Waals surface area contributed by atoms with Gasteiger partial charge in [0.15, 0.2) is 0 Å². The summed E-state index contributed by atoms with van der Waals surface area (Å²) in [5.74, 6) is -0.0760. The average Bonchev–Trinajstić information content (AvgIpc) is 3.21. The molecule has 0 radical (unpaired) electrons. The van der Waals surface area contributed by atoms with Gasteiger partial charge in [0.2, 0.25) is 11.8 Å². The van der Waals surface area contributed by atoms with E-state index in [0.29, 0.717) is 19.4 Å². The maximum absolute atomic E-state index is 12.6. The molecule has 0 saturated heterocycles. The molecule has 23 heavy (non-hydrogen) atoms. The van der Waals surface area contributed by atoms with Crippen molar-refractivity contribution in [2.45, 2.75) is 32.2 Å². The van der Waals surface area contributed by atoms with Crippen LogP contribution in [-0.4, -0.2) is 24.4 Å². The zero-order valence-electron chi connectivity index (χ0n) is 13.1. The summed E-state index contributed by atoms with van der Waals surface area (Å²) in [7, 11) is 0. The molecule has 1 aliphatic rings. The molecule has 0 bridgehead atoms. The molecule has 1 N–H and O–H groups in total. The number of para-hydroxylation sites is 1. The molecular weight excluding hydrogens is 308 g/mol. The van der Waals surface area contributed by atoms with Crippen LogP contribution in [0.3, 0.4) is 0 Å². The molecule has 0 spiro atoms. The van der Waals surface area contributed by atoms with Crippen molar-refractivity contribution >= 4 is 28.8 Å². The van der Waals surface area contributed by atoms with Crippen LogP contribution in [0.15, 0.2) is 41.8 Å². The van der Waals surface area contributed by atoms with Crippen LogP contribution in [0.25, 0.3) is 0 Å². The number of amides is 2. The largest absolute Gasteiger partial charge is 0.354 e. The van der Waals surface area contributed by atoms with Crippen LogP contribution in [-0.2, 0) is 22.4 Å². The predicted molar refractivity (Wildman–Crippen MR) is 92.7 cm³/mol. The third-order valence-corrected chi connectivity index (χ3v) is 5.04. The quantitative estimate of drug-likeness (QED) is 0.917. The number of carbonyl (C=O) groups is 2. The molecule has 3 rings (SSSR count). The topological polar surface area (TPSA) is 49.4 Å². The minimum Gasteiger partial charge on any atom is -0.354 e. The number of thiophene rings is 1. The molecule has 1 aliphatic heterocycles. The summed E-state index contributed by atoms with van der Waals surface area (Å²) in [4.78, 5) is 27.8. The maximum Gasteiger partial charge on any atom is 0.243 e. The van der Waals surface area contributed by atoms with Gasteiger partial charge in [-0.1, -0.05) is 31.2 Å². The molecule has 0 fully saturated rings. The van der Waals surface area contributed by atoms with E-state index in [1.165, 1.54) is 4.88 Å². The number of nitrogens with one attached hydrogen (secondary N) is 1. The van der Waals surface area contributed by atoms with Gasteiger partial charge in [-0.05, 0) is 29.5 Å². The Morgan fingerprint density at radius 1 is 1.26 bits per heavy atom. The van der Waals surface area contributed by atoms with Crippen LogP contribution in [0.2, 0.25) is 0 Å². The molecule has 5 heteroatoms. The first kappa shape index (κ1) is 15.7. The lowest BCUT2D eigenvalue weighted by Crippen LogP contribution is -2.48. The smallest absolute Gasteiger partial charge is 0.243 e. The Bertz CT molecular complexity index is 697. The van der Waals surface area contributed by atoms with Crippen molar-refractivity contribution in [2.75, 3.05) is 11.4 Å². The standard InChI is InChI=1S/C18H20N2O2S/c1-2-17(21)20-15-8-4-3-6-13(15)12-16(20)18(22)19-10-9-14-7-5-11-23-14/h3-8,11,16H,2,9-10,12H2,1H3,(H,19,22). The van der Waals surface area contributed by atoms with Gasteiger partial charge in [-0.25, -0.2) is 0 Å². The highest BCUT2D eigenvalue weighted by Gasteiger charge is 2.37. The van der Waals surface area contributed by atoms with Gasteiger partial charge in [-0.15, -0.1) is 11.3 Å². The van der Waals surface area contributed by atoms with Gasteiger partial charge in [-0.2, -0.15) is 0 Å². The van der Waals surface area contributed by atoms with E-state index in [4.69, 9.17) is 0 Å². The second-order valence-corrected chi connectivity index (χ2v) is 6.62. The van der Waals surface area contributed by atoms with E-state index < -0.39 is 6.04 Å². The zero-order chi connectivity index (χ0) is 16.2. The van der Waals surface area contributed by atoms with Gasteiger partial charge in [0.1, 0.15) is 6.04 Å². The minimum atomic E-state index is -0.428. The van der Waals surface area contributed by atoms with Crippen LogP contribution in [0.1, 0.15) is 23.8 Å². The van der Waals surface area contributed by atoms with Gasteiger partial charge >= 0.3 is 0 Å². The van der Waals surface area contributed by atoms with E-state index in [1.54, 1.807) is 16.2 Å². The van der Waals surface area contributed by atoms with Gasteiger partial charge in [0.05, 0.1) is 0 Å². The highest BCUT2D eigenvalue weighted by Crippen LogP contribution is 2.32. The summed E-state index contributed by atoms with van der Waals surface area (Å²) in [6, 6.07) is 11.4. The fourth-order valence-corrected chi connectivity index (χ4v) is 3.66. The molecule has 2 heterocycles. The summed E-state index contributed by atoms with van der Waals surface area (Å²) in [5, 5.41) is 5.01. The van der Waals surface area contributed by atoms with Gasteiger partial charge in [0.25, 0.3) is 0 Å². The molecular formula is C18H20N2O2S. The minimum absolute atomic E-state index is 0.00615. The van der Waals surface area contributed by atoms with Crippen LogP contribution >= 0.6 is 11.3 Å². The van der Waals surface area contributed by atoms with E-state index in [-0.39, 0.29) is 11.8 Å². The third-order valence-electron chi connectivity index (χ3n) is 4.10. The lowest BCUT2D eigenvalue weighted by Gasteiger charge is -2.24. The van der Waals surface area contributed by atoms with Crippen molar-refractivity contribution in [3.63, 3.8) is 0 Å². The predicted octanol–water partition coefficient (Wildman–Crippen LogP) is 2.77. The van der Waals surface area contributed by atoms with Crippen molar-refractivity contribution in [2.24, 2.45) is 0 Å². The summed E-state index contributed by atoms with van der Waals surface area (Å²) in [6.45, 7) is 2.43. The number of carbonyl (C=O) groups excluding carboxylic acids is 2. The molecule has 0 saturated carbocycles. The summed E-state index contributed by atoms with van der Waals surface area (Å²) < 4.78 is 0. The number of rotatable bonds is 5. The van der Waals surface area contributed by atoms with E-state index in [1.807, 2.05) is 42.6 Å². The number of fused-ring (bicyclic) bond motifs is 1. The molecule has 4 nitrogen and oxygen atoms in total. The molecule has 1 aromatic carbocycles. The van der Waals surface area contributed by atoms with Crippen molar-refractivity contribution in [3.8, 4) is 0 Å². The highest BCUT2D eigenvalue weighted by molar-refractivity contribution is 7.09. The second-order valence-electron chi connectivity index (χ2n) is 5.59. The van der Waals surface area contributed by atoms with Crippen LogP contribution in [0.5, 0.6) is 0 Å². The number of hydrogen-bond acceptors (Lipinski definition) is 3. The monoisotopic (exact) mass is 328 g/mol. The van der Waals surface area contributed by atoms with Gasteiger partial charge in [-0.3, -0.25) is 14.5 Å². The Kier molecular flexibility index (Phi) is 4.76. The van der Waals surface area contributed by atoms with E-state index in [9.17, 15) is 9.59 Å². The number of hydrogen-bond donors (Lipinski definition) is 1. The van der Waals surface area contributed by atoms with Crippen LogP contribution in [0.4, 0.5) is 5.69 Å². The maximum atomic E-state index is 12.6. The summed E-state index contributed by atoms with van der Waals surface area (Å²) in [6.07, 6.45) is 1.81. The van der Waals surface area contributed by atoms with Crippen molar-refractivity contribution in [1.82, 2.24) is 5.32 Å². The van der Waals surface area contributed by atoms with Crippen LogP contribution in [0, 0.1) is 0 Å². The Morgan fingerprint density at radius 2 is 2.09 bits per heavy atom. The molecule has 120 valence electrons. The van der Waals surface area contributed by atoms with Gasteiger partial charge < -0.3 is 5.32 Å². The highest BCUT2D eigenvalue weighted by atomic mass is 32.1. The second kappa shape index (κ2) is 6.96. The van der Waals surface area contributed by atoms with Crippen molar-refractivity contribution < 1.29 is 9.59 Å². The number of benzene rings is 1. The molecule has 1 unspecified atom stereocenters. The fourth-order valence-electron chi connectivity index (χ4n) is 2.96. The van der Waals surface area contributed by atoms with E-state index >= 15 is 0 Å². The van der Waals surface area contributed by atoms with Crippen molar-refractivity contribution in [3.05, 3.63) is 52.2 Å². The number of nitrogens with zero attached hydrogens (tertiary/aromatic N) is 1. The third kappa shape index (κ3) is 3.29. The molecule has 2 amide bonds. The lowest BCUT2D eigenvalue weighted by molar-refractivity contribution is -0.126. The number of anilines is 1. The first-order valence-electron chi connectivity index (χ1n) is 7.90. The Labute approximate surface area is 140 Å². The lowest BCUT2D eigenvalue weighted by atomic mass is 10.1. The zero-order valence-corrected chi connectivity index (χ0v) is 13.9. The molecule has 0 aliphatic carbocycles. The first-order valence-corrected chi connectivity index (χ1v) is 8.78.